The third kappa shape index (κ3) is 5.89. The summed E-state index contributed by atoms with van der Waals surface area (Å²) in [6.45, 7) is 1.88. The summed E-state index contributed by atoms with van der Waals surface area (Å²) in [7, 11) is 5.63. The van der Waals surface area contributed by atoms with E-state index in [1.165, 1.54) is 10.4 Å². The van der Waals surface area contributed by atoms with E-state index in [2.05, 4.69) is 51.9 Å². The maximum atomic E-state index is 5.27. The third-order valence-electron chi connectivity index (χ3n) is 3.91. The molecule has 0 aliphatic rings. The molecule has 0 aliphatic carbocycles. The Kier molecular flexibility index (Phi) is 7.62. The van der Waals surface area contributed by atoms with Gasteiger partial charge in [0, 0.05) is 32.1 Å². The summed E-state index contributed by atoms with van der Waals surface area (Å²) in [5, 5.41) is 5.57. The first-order valence-corrected chi connectivity index (χ1v) is 9.18. The highest BCUT2D eigenvalue weighted by Crippen LogP contribution is 2.13. The van der Waals surface area contributed by atoms with Gasteiger partial charge < -0.3 is 15.0 Å². The molecule has 5 heteroatoms. The Bertz CT molecular complexity index is 625. The van der Waals surface area contributed by atoms with Crippen molar-refractivity contribution in [2.24, 2.45) is 4.99 Å². The summed E-state index contributed by atoms with van der Waals surface area (Å²) >= 11 is 1.81. The van der Waals surface area contributed by atoms with Crippen molar-refractivity contribution in [3.8, 4) is 5.75 Å². The number of hydrogen-bond acceptors (Lipinski definition) is 3. The molecule has 2 aromatic rings. The van der Waals surface area contributed by atoms with E-state index in [1.54, 1.807) is 7.11 Å². The number of aliphatic imine (C=N–C) groups is 1. The van der Waals surface area contributed by atoms with Gasteiger partial charge in [0.1, 0.15) is 5.75 Å². The van der Waals surface area contributed by atoms with Crippen LogP contribution in [0.2, 0.25) is 0 Å². The van der Waals surface area contributed by atoms with Crippen LogP contribution in [0.3, 0.4) is 0 Å². The predicted octanol–water partition coefficient (Wildman–Crippen LogP) is 3.44. The van der Waals surface area contributed by atoms with Crippen molar-refractivity contribution in [2.45, 2.75) is 19.3 Å². The maximum Gasteiger partial charge on any atom is 0.193 e. The summed E-state index contributed by atoms with van der Waals surface area (Å²) in [6, 6.07) is 12.5. The second-order valence-electron chi connectivity index (χ2n) is 5.68. The summed E-state index contributed by atoms with van der Waals surface area (Å²) in [4.78, 5) is 7.97. The van der Waals surface area contributed by atoms with Gasteiger partial charge >= 0.3 is 0 Å². The zero-order valence-corrected chi connectivity index (χ0v) is 15.6. The van der Waals surface area contributed by atoms with Crippen LogP contribution in [0.15, 0.2) is 46.8 Å². The van der Waals surface area contributed by atoms with E-state index in [-0.39, 0.29) is 0 Å². The van der Waals surface area contributed by atoms with Gasteiger partial charge in [-0.1, -0.05) is 18.2 Å². The molecule has 0 bridgehead atoms. The Hall–Kier alpha value is -2.01. The Morgan fingerprint density at radius 2 is 2.12 bits per heavy atom. The number of guanidine groups is 1. The van der Waals surface area contributed by atoms with Crippen LogP contribution in [0.1, 0.15) is 16.9 Å². The number of thiophene rings is 1. The molecule has 0 saturated carbocycles. The van der Waals surface area contributed by atoms with Gasteiger partial charge in [0.15, 0.2) is 5.96 Å². The fourth-order valence-corrected chi connectivity index (χ4v) is 3.24. The zero-order chi connectivity index (χ0) is 17.2. The number of likely N-dealkylation sites (N-methyl/N-ethyl adjacent to an activating group) is 1. The number of rotatable bonds is 8. The van der Waals surface area contributed by atoms with E-state index < -0.39 is 0 Å². The quantitative estimate of drug-likeness (QED) is 0.452. The van der Waals surface area contributed by atoms with Crippen molar-refractivity contribution < 1.29 is 4.74 Å². The lowest BCUT2D eigenvalue weighted by Gasteiger charge is -2.21. The topological polar surface area (TPSA) is 36.9 Å². The van der Waals surface area contributed by atoms with Crippen molar-refractivity contribution in [3.63, 3.8) is 0 Å². The Balaban J connectivity index is 1.70. The lowest BCUT2D eigenvalue weighted by atomic mass is 10.1. The van der Waals surface area contributed by atoms with E-state index in [4.69, 9.17) is 4.74 Å². The van der Waals surface area contributed by atoms with Gasteiger partial charge in [-0.15, -0.1) is 11.3 Å². The molecule has 0 saturated heterocycles. The van der Waals surface area contributed by atoms with Gasteiger partial charge in [0.2, 0.25) is 0 Å². The van der Waals surface area contributed by atoms with Crippen LogP contribution in [0.25, 0.3) is 0 Å². The molecule has 0 fully saturated rings. The molecule has 0 aliphatic heterocycles. The minimum atomic E-state index is 0.910. The SMILES string of the molecule is CN=C(NCCCc1cccc(OC)c1)N(C)CCc1cccs1. The molecule has 1 N–H and O–H groups in total. The molecule has 130 valence electrons. The van der Waals surface area contributed by atoms with E-state index in [9.17, 15) is 0 Å². The Labute approximate surface area is 149 Å². The van der Waals surface area contributed by atoms with Crippen molar-refractivity contribution in [3.05, 3.63) is 52.2 Å². The first-order valence-electron chi connectivity index (χ1n) is 8.30. The normalized spacial score (nSPS) is 11.4. The molecule has 4 nitrogen and oxygen atoms in total. The average molecular weight is 346 g/mol. The maximum absolute atomic E-state index is 5.27. The largest absolute Gasteiger partial charge is 0.497 e. The average Bonchev–Trinajstić information content (AvgIpc) is 3.13. The van der Waals surface area contributed by atoms with Crippen molar-refractivity contribution >= 4 is 17.3 Å². The molecule has 2 rings (SSSR count). The fraction of sp³-hybridized carbons (Fsp3) is 0.421. The summed E-state index contributed by atoms with van der Waals surface area (Å²) in [6.07, 6.45) is 3.14. The second kappa shape index (κ2) is 9.98. The number of aryl methyl sites for hydroxylation is 1. The van der Waals surface area contributed by atoms with Gasteiger partial charge in [-0.3, -0.25) is 4.99 Å². The monoisotopic (exact) mass is 345 g/mol. The lowest BCUT2D eigenvalue weighted by molar-refractivity contribution is 0.414. The van der Waals surface area contributed by atoms with E-state index in [0.717, 1.165) is 44.1 Å². The van der Waals surface area contributed by atoms with Crippen molar-refractivity contribution in [1.29, 1.82) is 0 Å². The molecule has 0 unspecified atom stereocenters. The minimum Gasteiger partial charge on any atom is -0.497 e. The molecular formula is C19H27N3OS. The lowest BCUT2D eigenvalue weighted by Crippen LogP contribution is -2.40. The highest BCUT2D eigenvalue weighted by Gasteiger charge is 2.06. The van der Waals surface area contributed by atoms with Crippen LogP contribution in [-0.4, -0.2) is 45.2 Å². The molecule has 24 heavy (non-hydrogen) atoms. The van der Waals surface area contributed by atoms with Gasteiger partial charge in [-0.2, -0.15) is 0 Å². The molecule has 0 atom stereocenters. The van der Waals surface area contributed by atoms with Gasteiger partial charge in [0.25, 0.3) is 0 Å². The zero-order valence-electron chi connectivity index (χ0n) is 14.8. The number of methoxy groups -OCH3 is 1. The Morgan fingerprint density at radius 1 is 1.25 bits per heavy atom. The van der Waals surface area contributed by atoms with E-state index >= 15 is 0 Å². The van der Waals surface area contributed by atoms with E-state index in [0.29, 0.717) is 0 Å². The minimum absolute atomic E-state index is 0.910. The highest BCUT2D eigenvalue weighted by atomic mass is 32.1. The smallest absolute Gasteiger partial charge is 0.193 e. The van der Waals surface area contributed by atoms with Crippen molar-refractivity contribution in [2.75, 3.05) is 34.3 Å². The van der Waals surface area contributed by atoms with Crippen LogP contribution < -0.4 is 10.1 Å². The number of nitrogens with zero attached hydrogens (tertiary/aromatic N) is 2. The van der Waals surface area contributed by atoms with Gasteiger partial charge in [0.05, 0.1) is 7.11 Å². The predicted molar refractivity (Wildman–Crippen MR) is 103 cm³/mol. The summed E-state index contributed by atoms with van der Waals surface area (Å²) in [5.41, 5.74) is 1.30. The number of hydrogen-bond donors (Lipinski definition) is 1. The van der Waals surface area contributed by atoms with Crippen LogP contribution in [0.5, 0.6) is 5.75 Å². The van der Waals surface area contributed by atoms with Crippen LogP contribution in [0, 0.1) is 0 Å². The van der Waals surface area contributed by atoms with E-state index in [1.807, 2.05) is 30.5 Å². The summed E-state index contributed by atoms with van der Waals surface area (Å²) < 4.78 is 5.27. The molecule has 0 spiro atoms. The summed E-state index contributed by atoms with van der Waals surface area (Å²) in [5.74, 6) is 1.88. The molecule has 1 heterocycles. The third-order valence-corrected chi connectivity index (χ3v) is 4.84. The molecule has 0 amide bonds. The molecule has 1 aromatic carbocycles. The molecular weight excluding hydrogens is 318 g/mol. The van der Waals surface area contributed by atoms with Crippen LogP contribution >= 0.6 is 11.3 Å². The highest BCUT2D eigenvalue weighted by molar-refractivity contribution is 7.09. The van der Waals surface area contributed by atoms with Crippen molar-refractivity contribution in [1.82, 2.24) is 10.2 Å². The number of ether oxygens (including phenoxy) is 1. The number of benzene rings is 1. The van der Waals surface area contributed by atoms with Crippen LogP contribution in [0.4, 0.5) is 0 Å². The first-order chi connectivity index (χ1) is 11.7. The first kappa shape index (κ1) is 18.3. The standard InChI is InChI=1S/C19H27N3OS/c1-20-19(22(2)13-11-18-10-6-14-24-18)21-12-5-8-16-7-4-9-17(15-16)23-3/h4,6-7,9-10,14-15H,5,8,11-13H2,1-3H3,(H,20,21). The second-order valence-corrected chi connectivity index (χ2v) is 6.71. The number of nitrogens with one attached hydrogen (secondary N) is 1. The molecule has 1 aromatic heterocycles. The molecule has 0 radical (unpaired) electrons. The van der Waals surface area contributed by atoms with Gasteiger partial charge in [-0.25, -0.2) is 0 Å². The fourth-order valence-electron chi connectivity index (χ4n) is 2.54. The Morgan fingerprint density at radius 3 is 2.83 bits per heavy atom. The van der Waals surface area contributed by atoms with Gasteiger partial charge in [-0.05, 0) is 48.4 Å². The van der Waals surface area contributed by atoms with Crippen LogP contribution in [-0.2, 0) is 12.8 Å².